The predicted octanol–water partition coefficient (Wildman–Crippen LogP) is 2.10. The van der Waals surface area contributed by atoms with E-state index in [9.17, 15) is 8.42 Å². The zero-order chi connectivity index (χ0) is 15.9. The molecule has 0 aliphatic carbocycles. The van der Waals surface area contributed by atoms with E-state index in [0.717, 1.165) is 5.69 Å². The first-order valence-corrected chi connectivity index (χ1v) is 8.06. The first-order chi connectivity index (χ1) is 8.85. The molecule has 0 aromatic heterocycles. The molecule has 1 aromatic carbocycles. The fourth-order valence-corrected chi connectivity index (χ4v) is 2.98. The number of hydrogen-bond donors (Lipinski definition) is 2. The van der Waals surface area contributed by atoms with Gasteiger partial charge in [0.05, 0.1) is 4.90 Å². The van der Waals surface area contributed by atoms with Crippen LogP contribution in [0.5, 0.6) is 0 Å². The quantitative estimate of drug-likeness (QED) is 0.836. The number of nitrogens with zero attached hydrogens (tertiary/aromatic N) is 1. The van der Waals surface area contributed by atoms with E-state index in [1.165, 1.54) is 6.07 Å². The van der Waals surface area contributed by atoms with Crippen LogP contribution in [0.25, 0.3) is 0 Å². The normalized spacial score (nSPS) is 14.2. The van der Waals surface area contributed by atoms with E-state index in [-0.39, 0.29) is 16.4 Å². The maximum atomic E-state index is 11.7. The summed E-state index contributed by atoms with van der Waals surface area (Å²) in [6, 6.07) is 3.40. The number of primary sulfonamides is 1. The highest BCUT2D eigenvalue weighted by molar-refractivity contribution is 7.89. The minimum atomic E-state index is -3.78. The summed E-state index contributed by atoms with van der Waals surface area (Å²) < 4.78 is 23.3. The van der Waals surface area contributed by atoms with Crippen molar-refractivity contribution >= 4 is 21.4 Å². The monoisotopic (exact) mass is 299 g/mol. The van der Waals surface area contributed by atoms with Crippen molar-refractivity contribution in [3.8, 4) is 0 Å². The fourth-order valence-electron chi connectivity index (χ4n) is 2.15. The van der Waals surface area contributed by atoms with Crippen molar-refractivity contribution in [2.45, 2.75) is 45.6 Å². The van der Waals surface area contributed by atoms with Crippen molar-refractivity contribution in [1.29, 1.82) is 0 Å². The van der Waals surface area contributed by atoms with Gasteiger partial charge in [0.25, 0.3) is 0 Å². The molecule has 5 nitrogen and oxygen atoms in total. The van der Waals surface area contributed by atoms with Gasteiger partial charge in [0.15, 0.2) is 0 Å². The minimum Gasteiger partial charge on any atom is -0.399 e. The van der Waals surface area contributed by atoms with E-state index in [1.54, 1.807) is 13.0 Å². The van der Waals surface area contributed by atoms with E-state index >= 15 is 0 Å². The molecule has 0 fully saturated rings. The lowest BCUT2D eigenvalue weighted by Crippen LogP contribution is -2.40. The lowest BCUT2D eigenvalue weighted by Gasteiger charge is -2.38. The van der Waals surface area contributed by atoms with Gasteiger partial charge in [-0.15, -0.1) is 0 Å². The third-order valence-electron chi connectivity index (χ3n) is 3.88. The zero-order valence-electron chi connectivity index (χ0n) is 13.1. The lowest BCUT2D eigenvalue weighted by molar-refractivity contribution is 0.329. The summed E-state index contributed by atoms with van der Waals surface area (Å²) in [7, 11) is -1.84. The molecule has 0 saturated carbocycles. The Bertz CT molecular complexity index is 604. The van der Waals surface area contributed by atoms with Crippen LogP contribution in [0.4, 0.5) is 11.4 Å². The van der Waals surface area contributed by atoms with E-state index in [1.807, 2.05) is 11.9 Å². The highest BCUT2D eigenvalue weighted by Crippen LogP contribution is 2.33. The van der Waals surface area contributed by atoms with Crippen molar-refractivity contribution in [2.24, 2.45) is 10.6 Å². The summed E-state index contributed by atoms with van der Waals surface area (Å²) in [5.74, 6) is 0. The predicted molar refractivity (Wildman–Crippen MR) is 84.3 cm³/mol. The average molecular weight is 299 g/mol. The fraction of sp³-hybridized carbons (Fsp3) is 0.571. The van der Waals surface area contributed by atoms with Crippen molar-refractivity contribution in [3.05, 3.63) is 17.7 Å². The van der Waals surface area contributed by atoms with Crippen molar-refractivity contribution in [1.82, 2.24) is 0 Å². The molecule has 0 heterocycles. The van der Waals surface area contributed by atoms with Gasteiger partial charge in [-0.05, 0) is 37.0 Å². The summed E-state index contributed by atoms with van der Waals surface area (Å²) in [5, 5.41) is 5.26. The molecule has 1 unspecified atom stereocenters. The minimum absolute atomic E-state index is 0.0492. The SMILES string of the molecule is Cc1c(N(C)C(C)C(C)(C)C)cc(N)cc1S(N)(=O)=O. The van der Waals surface area contributed by atoms with Crippen LogP contribution >= 0.6 is 0 Å². The number of anilines is 2. The Hall–Kier alpha value is -1.27. The second-order valence-electron chi connectivity index (χ2n) is 6.36. The van der Waals surface area contributed by atoms with Gasteiger partial charge in [-0.1, -0.05) is 20.8 Å². The maximum Gasteiger partial charge on any atom is 0.238 e. The molecule has 4 N–H and O–H groups in total. The van der Waals surface area contributed by atoms with E-state index in [2.05, 4.69) is 27.7 Å². The van der Waals surface area contributed by atoms with Gasteiger partial charge < -0.3 is 10.6 Å². The summed E-state index contributed by atoms with van der Waals surface area (Å²) in [4.78, 5) is 2.13. The van der Waals surface area contributed by atoms with E-state index < -0.39 is 10.0 Å². The molecule has 1 atom stereocenters. The van der Waals surface area contributed by atoms with Crippen LogP contribution in [0, 0.1) is 12.3 Å². The standard InChI is InChI=1S/C14H25N3O2S/c1-9-12(17(6)10(2)14(3,4)5)7-11(15)8-13(9)20(16,18)19/h7-8,10H,15H2,1-6H3,(H2,16,18,19). The molecule has 0 amide bonds. The molecule has 0 aliphatic heterocycles. The van der Waals surface area contributed by atoms with E-state index in [4.69, 9.17) is 10.9 Å². The molecule has 20 heavy (non-hydrogen) atoms. The average Bonchev–Trinajstić information content (AvgIpc) is 2.27. The highest BCUT2D eigenvalue weighted by atomic mass is 32.2. The summed E-state index contributed by atoms with van der Waals surface area (Å²) in [5.41, 5.74) is 7.68. The van der Waals surface area contributed by atoms with Gasteiger partial charge in [-0.2, -0.15) is 0 Å². The third-order valence-corrected chi connectivity index (χ3v) is 4.91. The second-order valence-corrected chi connectivity index (χ2v) is 7.89. The second kappa shape index (κ2) is 5.26. The van der Waals surface area contributed by atoms with Crippen LogP contribution in [0.1, 0.15) is 33.3 Å². The summed E-state index contributed by atoms with van der Waals surface area (Å²) in [6.45, 7) is 10.3. The highest BCUT2D eigenvalue weighted by Gasteiger charge is 2.26. The Labute approximate surface area is 122 Å². The number of rotatable bonds is 3. The van der Waals surface area contributed by atoms with Gasteiger partial charge in [0, 0.05) is 24.5 Å². The topological polar surface area (TPSA) is 89.4 Å². The molecule has 0 aliphatic rings. The lowest BCUT2D eigenvalue weighted by atomic mass is 9.86. The van der Waals surface area contributed by atoms with Crippen LogP contribution in [0.2, 0.25) is 0 Å². The number of nitrogens with two attached hydrogens (primary N) is 2. The van der Waals surface area contributed by atoms with Crippen LogP contribution in [-0.2, 0) is 10.0 Å². The zero-order valence-corrected chi connectivity index (χ0v) is 13.9. The Morgan fingerprint density at radius 2 is 1.75 bits per heavy atom. The van der Waals surface area contributed by atoms with Crippen molar-refractivity contribution < 1.29 is 8.42 Å². The first kappa shape index (κ1) is 16.8. The molecule has 1 aromatic rings. The third kappa shape index (κ3) is 3.43. The Kier molecular flexibility index (Phi) is 4.41. The molecule has 0 radical (unpaired) electrons. The van der Waals surface area contributed by atoms with Crippen molar-refractivity contribution in [3.63, 3.8) is 0 Å². The van der Waals surface area contributed by atoms with Crippen LogP contribution < -0.4 is 15.8 Å². The van der Waals surface area contributed by atoms with Gasteiger partial charge in [-0.25, -0.2) is 13.6 Å². The Morgan fingerprint density at radius 1 is 1.25 bits per heavy atom. The summed E-state index contributed by atoms with van der Waals surface area (Å²) in [6.07, 6.45) is 0. The first-order valence-electron chi connectivity index (χ1n) is 6.51. The van der Waals surface area contributed by atoms with Crippen LogP contribution in [-0.4, -0.2) is 21.5 Å². The van der Waals surface area contributed by atoms with Crippen molar-refractivity contribution in [2.75, 3.05) is 17.7 Å². The molecular weight excluding hydrogens is 274 g/mol. The largest absolute Gasteiger partial charge is 0.399 e. The number of hydrogen-bond acceptors (Lipinski definition) is 4. The summed E-state index contributed by atoms with van der Waals surface area (Å²) >= 11 is 0. The number of nitrogen functional groups attached to an aromatic ring is 1. The molecule has 0 bridgehead atoms. The number of benzene rings is 1. The van der Waals surface area contributed by atoms with Gasteiger partial charge in [-0.3, -0.25) is 0 Å². The smallest absolute Gasteiger partial charge is 0.238 e. The molecule has 1 rings (SSSR count). The molecular formula is C14H25N3O2S. The molecule has 6 heteroatoms. The molecule has 0 spiro atoms. The number of sulfonamides is 1. The maximum absolute atomic E-state index is 11.7. The molecule has 0 saturated heterocycles. The van der Waals surface area contributed by atoms with Gasteiger partial charge in [0.1, 0.15) is 0 Å². The Balaban J connectivity index is 3.44. The van der Waals surface area contributed by atoms with Gasteiger partial charge in [0.2, 0.25) is 10.0 Å². The van der Waals surface area contributed by atoms with Crippen LogP contribution in [0.15, 0.2) is 17.0 Å². The Morgan fingerprint density at radius 3 is 2.15 bits per heavy atom. The van der Waals surface area contributed by atoms with E-state index in [0.29, 0.717) is 11.3 Å². The van der Waals surface area contributed by atoms with Gasteiger partial charge >= 0.3 is 0 Å². The van der Waals surface area contributed by atoms with Crippen LogP contribution in [0.3, 0.4) is 0 Å². The molecule has 114 valence electrons.